The molecule has 0 bridgehead atoms. The van der Waals surface area contributed by atoms with Crippen LogP contribution in [0.3, 0.4) is 0 Å². The van der Waals surface area contributed by atoms with E-state index in [9.17, 15) is 10.1 Å². The topological polar surface area (TPSA) is 81.0 Å². The zero-order valence-corrected chi connectivity index (χ0v) is 10.8. The van der Waals surface area contributed by atoms with Crippen LogP contribution in [0.1, 0.15) is 10.6 Å². The van der Waals surface area contributed by atoms with Crippen molar-refractivity contribution in [1.82, 2.24) is 15.5 Å². The average Bonchev–Trinajstić information content (AvgIpc) is 2.77. The lowest BCUT2D eigenvalue weighted by Crippen LogP contribution is -2.04. The molecular formula is C11H12N4O2S. The number of benzene rings is 1. The number of aryl methyl sites for hydroxylation is 1. The van der Waals surface area contributed by atoms with E-state index < -0.39 is 4.92 Å². The van der Waals surface area contributed by atoms with E-state index in [1.54, 1.807) is 12.1 Å². The molecule has 0 fully saturated rings. The lowest BCUT2D eigenvalue weighted by atomic mass is 10.1. The molecule has 0 saturated heterocycles. The molecule has 7 heteroatoms. The summed E-state index contributed by atoms with van der Waals surface area (Å²) in [5.41, 5.74) is 1.81. The maximum atomic E-state index is 10.7. The minimum Gasteiger partial charge on any atom is -0.313 e. The number of non-ortho nitro benzene ring substituents is 1. The molecule has 1 heterocycles. The molecule has 0 spiro atoms. The molecule has 0 amide bonds. The van der Waals surface area contributed by atoms with Crippen LogP contribution in [0.25, 0.3) is 10.6 Å². The second-order valence-corrected chi connectivity index (χ2v) is 4.85. The van der Waals surface area contributed by atoms with Crippen molar-refractivity contribution in [3.63, 3.8) is 0 Å². The normalized spacial score (nSPS) is 10.6. The first kappa shape index (κ1) is 12.6. The summed E-state index contributed by atoms with van der Waals surface area (Å²) in [6.45, 7) is 2.51. The Morgan fingerprint density at radius 3 is 2.83 bits per heavy atom. The van der Waals surface area contributed by atoms with Crippen LogP contribution < -0.4 is 5.32 Å². The third-order valence-corrected chi connectivity index (χ3v) is 3.40. The highest BCUT2D eigenvalue weighted by molar-refractivity contribution is 7.14. The van der Waals surface area contributed by atoms with Crippen molar-refractivity contribution in [2.45, 2.75) is 13.5 Å². The summed E-state index contributed by atoms with van der Waals surface area (Å²) in [4.78, 5) is 10.3. The molecule has 2 rings (SSSR count). The lowest BCUT2D eigenvalue weighted by molar-refractivity contribution is -0.384. The molecule has 6 nitrogen and oxygen atoms in total. The molecule has 0 radical (unpaired) electrons. The third-order valence-electron chi connectivity index (χ3n) is 2.45. The molecule has 0 saturated carbocycles. The molecule has 1 aromatic heterocycles. The van der Waals surface area contributed by atoms with Gasteiger partial charge in [0.25, 0.3) is 5.69 Å². The Morgan fingerprint density at radius 1 is 1.44 bits per heavy atom. The highest BCUT2D eigenvalue weighted by Gasteiger charge is 2.12. The Bertz CT molecular complexity index is 582. The van der Waals surface area contributed by atoms with E-state index >= 15 is 0 Å². The second kappa shape index (κ2) is 5.19. The van der Waals surface area contributed by atoms with E-state index in [1.807, 2.05) is 14.0 Å². The van der Waals surface area contributed by atoms with Crippen molar-refractivity contribution in [3.05, 3.63) is 38.9 Å². The second-order valence-electron chi connectivity index (χ2n) is 3.79. The summed E-state index contributed by atoms with van der Waals surface area (Å²) in [5.74, 6) is 0. The van der Waals surface area contributed by atoms with Crippen molar-refractivity contribution in [3.8, 4) is 10.6 Å². The molecule has 18 heavy (non-hydrogen) atoms. The molecule has 0 aliphatic rings. The smallest absolute Gasteiger partial charge is 0.269 e. The summed E-state index contributed by atoms with van der Waals surface area (Å²) in [6.07, 6.45) is 0. The largest absolute Gasteiger partial charge is 0.313 e. The van der Waals surface area contributed by atoms with Gasteiger partial charge in [-0.1, -0.05) is 11.3 Å². The van der Waals surface area contributed by atoms with Crippen LogP contribution in [0.5, 0.6) is 0 Å². The lowest BCUT2D eigenvalue weighted by Gasteiger charge is -2.00. The van der Waals surface area contributed by atoms with Gasteiger partial charge in [0.05, 0.1) is 4.92 Å². The minimum absolute atomic E-state index is 0.0937. The van der Waals surface area contributed by atoms with Gasteiger partial charge in [-0.2, -0.15) is 0 Å². The first-order valence-electron chi connectivity index (χ1n) is 5.34. The maximum Gasteiger partial charge on any atom is 0.269 e. The highest BCUT2D eigenvalue weighted by atomic mass is 32.1. The van der Waals surface area contributed by atoms with Crippen molar-refractivity contribution < 1.29 is 4.92 Å². The summed E-state index contributed by atoms with van der Waals surface area (Å²) in [6, 6.07) is 4.76. The summed E-state index contributed by atoms with van der Waals surface area (Å²) >= 11 is 1.48. The van der Waals surface area contributed by atoms with E-state index in [2.05, 4.69) is 15.5 Å². The molecule has 0 aliphatic carbocycles. The fourth-order valence-corrected chi connectivity index (χ4v) is 2.53. The molecule has 0 aliphatic heterocycles. The number of nitrogens with zero attached hydrogens (tertiary/aromatic N) is 3. The monoisotopic (exact) mass is 264 g/mol. The van der Waals surface area contributed by atoms with Gasteiger partial charge in [0, 0.05) is 24.2 Å². The van der Waals surface area contributed by atoms with Gasteiger partial charge in [-0.25, -0.2) is 0 Å². The number of rotatable bonds is 4. The van der Waals surface area contributed by atoms with Crippen LogP contribution in [0, 0.1) is 17.0 Å². The molecular weight excluding hydrogens is 252 g/mol. The van der Waals surface area contributed by atoms with Crippen molar-refractivity contribution >= 4 is 17.0 Å². The van der Waals surface area contributed by atoms with Crippen LogP contribution >= 0.6 is 11.3 Å². The van der Waals surface area contributed by atoms with Crippen LogP contribution in [0.2, 0.25) is 0 Å². The number of nitrogens with one attached hydrogen (secondary N) is 1. The zero-order chi connectivity index (χ0) is 13.1. The van der Waals surface area contributed by atoms with Crippen LogP contribution in [0.4, 0.5) is 5.69 Å². The van der Waals surface area contributed by atoms with E-state index in [4.69, 9.17) is 0 Å². The Kier molecular flexibility index (Phi) is 3.63. The summed E-state index contributed by atoms with van der Waals surface area (Å²) in [5, 5.41) is 23.5. The number of aromatic nitrogens is 2. The quantitative estimate of drug-likeness (QED) is 0.676. The van der Waals surface area contributed by atoms with E-state index in [0.717, 1.165) is 21.1 Å². The predicted octanol–water partition coefficient (Wildman–Crippen LogP) is 2.14. The first-order valence-corrected chi connectivity index (χ1v) is 6.16. The van der Waals surface area contributed by atoms with Gasteiger partial charge < -0.3 is 5.32 Å². The van der Waals surface area contributed by atoms with E-state index in [-0.39, 0.29) is 5.69 Å². The van der Waals surface area contributed by atoms with Gasteiger partial charge >= 0.3 is 0 Å². The Labute approximate surface area is 108 Å². The number of nitro groups is 1. The first-order chi connectivity index (χ1) is 8.61. The van der Waals surface area contributed by atoms with Gasteiger partial charge in [-0.15, -0.1) is 10.2 Å². The van der Waals surface area contributed by atoms with Crippen LogP contribution in [0.15, 0.2) is 18.2 Å². The summed E-state index contributed by atoms with van der Waals surface area (Å²) in [7, 11) is 1.85. The molecule has 94 valence electrons. The molecule has 0 atom stereocenters. The Morgan fingerprint density at radius 2 is 2.22 bits per heavy atom. The third kappa shape index (κ3) is 2.52. The molecule has 2 aromatic rings. The molecule has 1 N–H and O–H groups in total. The van der Waals surface area contributed by atoms with Crippen LogP contribution in [-0.4, -0.2) is 22.2 Å². The van der Waals surface area contributed by atoms with Gasteiger partial charge in [-0.3, -0.25) is 10.1 Å². The van der Waals surface area contributed by atoms with Crippen molar-refractivity contribution in [1.29, 1.82) is 0 Å². The molecule has 1 aromatic carbocycles. The van der Waals surface area contributed by atoms with Gasteiger partial charge in [0.2, 0.25) is 0 Å². The number of hydrogen-bond acceptors (Lipinski definition) is 6. The summed E-state index contributed by atoms with van der Waals surface area (Å²) < 4.78 is 0. The predicted molar refractivity (Wildman–Crippen MR) is 69.5 cm³/mol. The van der Waals surface area contributed by atoms with Gasteiger partial charge in [0.15, 0.2) is 0 Å². The van der Waals surface area contributed by atoms with Gasteiger partial charge in [-0.05, 0) is 25.6 Å². The van der Waals surface area contributed by atoms with Crippen molar-refractivity contribution in [2.75, 3.05) is 7.05 Å². The number of hydrogen-bond donors (Lipinski definition) is 1. The van der Waals surface area contributed by atoms with Crippen LogP contribution in [-0.2, 0) is 6.54 Å². The minimum atomic E-state index is -0.399. The van der Waals surface area contributed by atoms with Gasteiger partial charge in [0.1, 0.15) is 10.0 Å². The maximum absolute atomic E-state index is 10.7. The fourth-order valence-electron chi connectivity index (χ4n) is 1.59. The van der Waals surface area contributed by atoms with E-state index in [0.29, 0.717) is 6.54 Å². The highest BCUT2D eigenvalue weighted by Crippen LogP contribution is 2.29. The average molecular weight is 264 g/mol. The Balaban J connectivity index is 2.35. The Hall–Kier alpha value is -1.86. The fraction of sp³-hybridized carbons (Fsp3) is 0.273. The van der Waals surface area contributed by atoms with E-state index in [1.165, 1.54) is 17.4 Å². The zero-order valence-electron chi connectivity index (χ0n) is 10.0. The SMILES string of the molecule is CNCc1nnc(-c2ccc([N+](=O)[O-])cc2C)s1. The standard InChI is InChI=1S/C11H12N4O2S/c1-7-5-8(15(16)17)3-4-9(7)11-14-13-10(18-11)6-12-2/h3-5,12H,6H2,1-2H3. The molecule has 0 unspecified atom stereocenters. The van der Waals surface area contributed by atoms with Crippen molar-refractivity contribution in [2.24, 2.45) is 0 Å². The number of nitro benzene ring substituents is 1.